The largest absolute Gasteiger partial charge is 0.480 e. The fourth-order valence-electron chi connectivity index (χ4n) is 4.86. The zero-order chi connectivity index (χ0) is 30.1. The van der Waals surface area contributed by atoms with Crippen molar-refractivity contribution in [1.82, 2.24) is 19.4 Å². The normalized spacial score (nSPS) is 13.0. The van der Waals surface area contributed by atoms with Crippen molar-refractivity contribution >= 4 is 38.4 Å². The minimum Gasteiger partial charge on any atom is -0.480 e. The number of hydrogen-bond acceptors (Lipinski definition) is 7. The molecule has 2 N–H and O–H groups in total. The molecule has 0 radical (unpaired) electrons. The van der Waals surface area contributed by atoms with Crippen molar-refractivity contribution in [2.75, 3.05) is 36.8 Å². The van der Waals surface area contributed by atoms with Crippen LogP contribution in [0.5, 0.6) is 0 Å². The van der Waals surface area contributed by atoms with Gasteiger partial charge in [-0.05, 0) is 80.9 Å². The molecule has 11 heteroatoms. The van der Waals surface area contributed by atoms with E-state index in [9.17, 15) is 18.3 Å². The Morgan fingerprint density at radius 3 is 2.27 bits per heavy atom. The number of carboxylic acid groups (broad SMARTS) is 1. The summed E-state index contributed by atoms with van der Waals surface area (Å²) in [5, 5.41) is 14.3. The van der Waals surface area contributed by atoms with Crippen LogP contribution in [0.1, 0.15) is 31.9 Å². The summed E-state index contributed by atoms with van der Waals surface area (Å²) in [6, 6.07) is 10.6. The van der Waals surface area contributed by atoms with Crippen LogP contribution in [0.4, 0.5) is 11.5 Å². The molecule has 0 saturated carbocycles. The molecular formula is C30H38N6O4S. The number of carboxylic acids is 1. The van der Waals surface area contributed by atoms with Gasteiger partial charge in [-0.15, -0.1) is 0 Å². The number of aliphatic carboxylic acids is 1. The minimum atomic E-state index is -4.25. The molecule has 41 heavy (non-hydrogen) atoms. The summed E-state index contributed by atoms with van der Waals surface area (Å²) in [6.45, 7) is 10.4. The summed E-state index contributed by atoms with van der Waals surface area (Å²) in [6.07, 6.45) is 5.17. The first-order valence-corrected chi connectivity index (χ1v) is 14.8. The number of carbonyl (C=O) groups is 1. The summed E-state index contributed by atoms with van der Waals surface area (Å²) in [5.41, 5.74) is 1.69. The lowest BCUT2D eigenvalue weighted by molar-refractivity contribution is -0.140. The van der Waals surface area contributed by atoms with E-state index in [0.717, 1.165) is 39.4 Å². The molecule has 218 valence electrons. The van der Waals surface area contributed by atoms with Crippen LogP contribution in [-0.4, -0.2) is 72.2 Å². The third kappa shape index (κ3) is 6.52. The Bertz CT molecular complexity index is 1640. The number of sulfonamides is 1. The molecule has 2 heterocycles. The number of hydrogen-bond donors (Lipinski definition) is 2. The number of fused-ring (bicyclic) bond motifs is 1. The van der Waals surface area contributed by atoms with Crippen LogP contribution in [0, 0.1) is 19.3 Å². The summed E-state index contributed by atoms with van der Waals surface area (Å²) >= 11 is 0. The number of aryl methyl sites for hydroxylation is 2. The lowest BCUT2D eigenvalue weighted by Crippen LogP contribution is -2.52. The van der Waals surface area contributed by atoms with Gasteiger partial charge in [-0.2, -0.15) is 0 Å². The first-order valence-electron chi connectivity index (χ1n) is 13.4. The van der Waals surface area contributed by atoms with Crippen molar-refractivity contribution < 1.29 is 18.3 Å². The number of benzene rings is 2. The first-order chi connectivity index (χ1) is 19.2. The smallest absolute Gasteiger partial charge is 0.328 e. The third-order valence-corrected chi connectivity index (χ3v) is 8.49. The van der Waals surface area contributed by atoms with Gasteiger partial charge < -0.3 is 15.3 Å². The molecule has 2 aromatic carbocycles. The van der Waals surface area contributed by atoms with Gasteiger partial charge in [0.25, 0.3) is 10.0 Å². The van der Waals surface area contributed by atoms with Crippen molar-refractivity contribution in [2.45, 2.75) is 45.6 Å². The zero-order valence-electron chi connectivity index (χ0n) is 24.6. The van der Waals surface area contributed by atoms with Gasteiger partial charge in [-0.25, -0.2) is 23.2 Å². The molecule has 0 fully saturated rings. The monoisotopic (exact) mass is 578 g/mol. The second-order valence-corrected chi connectivity index (χ2v) is 13.5. The van der Waals surface area contributed by atoms with Crippen LogP contribution in [-0.2, 0) is 14.8 Å². The van der Waals surface area contributed by atoms with E-state index >= 15 is 0 Å². The SMILES string of the molecule is Cc1cc(C)cc(S(=O)(=O)N(c2ccc3c(ccn3-c3cnc(NCCN(C)C)cn3)c2)C(C(=O)O)C(C)(C)C)c1. The Labute approximate surface area is 241 Å². The van der Waals surface area contributed by atoms with Crippen LogP contribution in [0.3, 0.4) is 0 Å². The number of nitrogens with zero attached hydrogens (tertiary/aromatic N) is 5. The summed E-state index contributed by atoms with van der Waals surface area (Å²) in [7, 11) is -0.241. The second kappa shape index (κ2) is 11.5. The van der Waals surface area contributed by atoms with Gasteiger partial charge in [-0.3, -0.25) is 8.87 Å². The molecule has 2 aromatic heterocycles. The molecule has 0 amide bonds. The molecule has 0 saturated heterocycles. The number of aromatic nitrogens is 3. The van der Waals surface area contributed by atoms with Crippen molar-refractivity contribution in [3.63, 3.8) is 0 Å². The van der Waals surface area contributed by atoms with Gasteiger partial charge in [0.2, 0.25) is 0 Å². The van der Waals surface area contributed by atoms with E-state index in [0.29, 0.717) is 11.6 Å². The highest BCUT2D eigenvalue weighted by Gasteiger charge is 2.43. The van der Waals surface area contributed by atoms with Gasteiger partial charge in [-0.1, -0.05) is 26.8 Å². The Kier molecular flexibility index (Phi) is 8.41. The number of rotatable bonds is 10. The zero-order valence-corrected chi connectivity index (χ0v) is 25.4. The molecule has 10 nitrogen and oxygen atoms in total. The van der Waals surface area contributed by atoms with Gasteiger partial charge in [0.15, 0.2) is 5.82 Å². The first kappa shape index (κ1) is 30.0. The molecule has 1 atom stereocenters. The van der Waals surface area contributed by atoms with E-state index < -0.39 is 27.4 Å². The van der Waals surface area contributed by atoms with Crippen LogP contribution in [0.2, 0.25) is 0 Å². The van der Waals surface area contributed by atoms with Crippen LogP contribution in [0.15, 0.2) is 66.0 Å². The maximum atomic E-state index is 14.2. The van der Waals surface area contributed by atoms with Crippen LogP contribution < -0.4 is 9.62 Å². The molecule has 4 rings (SSSR count). The van der Waals surface area contributed by atoms with Gasteiger partial charge in [0.1, 0.15) is 11.9 Å². The van der Waals surface area contributed by atoms with Crippen molar-refractivity contribution in [3.05, 3.63) is 72.2 Å². The molecule has 4 aromatic rings. The lowest BCUT2D eigenvalue weighted by Gasteiger charge is -2.38. The quantitative estimate of drug-likeness (QED) is 0.278. The molecule has 0 aliphatic heterocycles. The van der Waals surface area contributed by atoms with E-state index in [1.165, 1.54) is 0 Å². The number of anilines is 2. The lowest BCUT2D eigenvalue weighted by atomic mass is 9.86. The van der Waals surface area contributed by atoms with E-state index in [1.54, 1.807) is 63.5 Å². The molecule has 1 unspecified atom stereocenters. The molecule has 0 aliphatic carbocycles. The van der Waals surface area contributed by atoms with Crippen molar-refractivity contribution in [2.24, 2.45) is 5.41 Å². The standard InChI is InChI=1S/C30H38N6O4S/c1-20-14-21(2)16-24(15-20)41(39,40)36(28(29(37)38)30(3,4)5)23-8-9-25-22(17-23)10-12-35(25)27-19-32-26(18-33-27)31-11-13-34(6)7/h8-10,12,14-19,28H,11,13H2,1-7H3,(H,31,32)(H,37,38). The fraction of sp³-hybridized carbons (Fsp3) is 0.367. The fourth-order valence-corrected chi connectivity index (χ4v) is 6.83. The molecular weight excluding hydrogens is 540 g/mol. The summed E-state index contributed by atoms with van der Waals surface area (Å²) in [5.74, 6) is 0.0462. The third-order valence-electron chi connectivity index (χ3n) is 6.72. The summed E-state index contributed by atoms with van der Waals surface area (Å²) in [4.78, 5) is 23.8. The van der Waals surface area contributed by atoms with Crippen LogP contribution >= 0.6 is 0 Å². The van der Waals surface area contributed by atoms with Gasteiger partial charge in [0.05, 0.1) is 28.5 Å². The topological polar surface area (TPSA) is 121 Å². The van der Waals surface area contributed by atoms with Crippen molar-refractivity contribution in [1.29, 1.82) is 0 Å². The van der Waals surface area contributed by atoms with E-state index in [-0.39, 0.29) is 10.6 Å². The maximum Gasteiger partial charge on any atom is 0.328 e. The van der Waals surface area contributed by atoms with E-state index in [2.05, 4.69) is 20.2 Å². The average molecular weight is 579 g/mol. The number of nitrogens with one attached hydrogen (secondary N) is 1. The minimum absolute atomic E-state index is 0.0534. The predicted molar refractivity (Wildman–Crippen MR) is 162 cm³/mol. The highest BCUT2D eigenvalue weighted by Crippen LogP contribution is 2.36. The second-order valence-electron chi connectivity index (χ2n) is 11.6. The van der Waals surface area contributed by atoms with Gasteiger partial charge >= 0.3 is 5.97 Å². The Hall–Kier alpha value is -3.96. The van der Waals surface area contributed by atoms with Crippen LogP contribution in [0.25, 0.3) is 16.7 Å². The molecule has 0 aliphatic rings. The summed E-state index contributed by atoms with van der Waals surface area (Å²) < 4.78 is 31.2. The van der Waals surface area contributed by atoms with E-state index in [4.69, 9.17) is 0 Å². The van der Waals surface area contributed by atoms with Gasteiger partial charge in [0, 0.05) is 24.7 Å². The number of likely N-dealkylation sites (N-methyl/N-ethyl adjacent to an activating group) is 1. The predicted octanol–water partition coefficient (Wildman–Crippen LogP) is 4.71. The molecule has 0 bridgehead atoms. The maximum absolute atomic E-state index is 14.2. The average Bonchev–Trinajstić information content (AvgIpc) is 3.29. The Morgan fingerprint density at radius 1 is 1.02 bits per heavy atom. The Morgan fingerprint density at radius 2 is 1.71 bits per heavy atom. The highest BCUT2D eigenvalue weighted by molar-refractivity contribution is 7.93. The molecule has 0 spiro atoms. The Balaban J connectivity index is 1.77. The highest BCUT2D eigenvalue weighted by atomic mass is 32.2. The van der Waals surface area contributed by atoms with E-state index in [1.807, 2.05) is 50.8 Å². The van der Waals surface area contributed by atoms with Crippen molar-refractivity contribution in [3.8, 4) is 5.82 Å².